The third kappa shape index (κ3) is 6.48. The minimum atomic E-state index is -4.68. The number of likely N-dealkylation sites (tertiary alicyclic amines) is 1. The molecule has 0 radical (unpaired) electrons. The molecule has 2 N–H and O–H groups in total. The van der Waals surface area contributed by atoms with Gasteiger partial charge in [-0.2, -0.15) is 18.2 Å². The molecule has 0 aliphatic carbocycles. The number of nitrogens with two attached hydrogens (primary N) is 1. The molecule has 0 saturated carbocycles. The third-order valence-corrected chi connectivity index (χ3v) is 6.39. The summed E-state index contributed by atoms with van der Waals surface area (Å²) in [5.74, 6) is 0.0547. The number of hydrogen-bond acceptors (Lipinski definition) is 9. The van der Waals surface area contributed by atoms with Gasteiger partial charge in [-0.15, -0.1) is 0 Å². The quantitative estimate of drug-likeness (QED) is 0.495. The highest BCUT2D eigenvalue weighted by Crippen LogP contribution is 2.38. The number of halogens is 3. The molecule has 4 heterocycles. The standard InChI is InChI=1S/C26H27F3N6O4/c27-26(28,29)20-12-22(30)31-14-19(20)21-13-23(33-24(32-21)34-8-10-37-11-9-34)39-18-6-7-35(15-18)25(36)38-16-17-4-2-1-3-5-17/h1-5,12-14,18H,6-11,15-16H2,(H2,30,31)/t18-/m1/s1. The van der Waals surface area contributed by atoms with Crippen molar-refractivity contribution in [3.8, 4) is 17.1 Å². The van der Waals surface area contributed by atoms with Gasteiger partial charge in [-0.25, -0.2) is 14.8 Å². The normalized spacial score (nSPS) is 17.8. The summed E-state index contributed by atoms with van der Waals surface area (Å²) in [5, 5.41) is 0. The highest BCUT2D eigenvalue weighted by molar-refractivity contribution is 5.68. The van der Waals surface area contributed by atoms with Crippen molar-refractivity contribution in [3.63, 3.8) is 0 Å². The van der Waals surface area contributed by atoms with Crippen LogP contribution in [0.25, 0.3) is 11.3 Å². The number of aromatic nitrogens is 3. The van der Waals surface area contributed by atoms with Crippen LogP contribution in [0.15, 0.2) is 48.7 Å². The second-order valence-electron chi connectivity index (χ2n) is 9.16. The summed E-state index contributed by atoms with van der Waals surface area (Å²) in [4.78, 5) is 28.7. The average molecular weight is 545 g/mol. The lowest BCUT2D eigenvalue weighted by molar-refractivity contribution is -0.137. The van der Waals surface area contributed by atoms with E-state index in [1.165, 1.54) is 11.0 Å². The Labute approximate surface area is 222 Å². The van der Waals surface area contributed by atoms with Gasteiger partial charge >= 0.3 is 12.3 Å². The van der Waals surface area contributed by atoms with E-state index in [1.807, 2.05) is 35.2 Å². The first-order valence-corrected chi connectivity index (χ1v) is 12.4. The fraction of sp³-hybridized carbons (Fsp3) is 0.385. The van der Waals surface area contributed by atoms with Crippen LogP contribution in [0, 0.1) is 0 Å². The first-order chi connectivity index (χ1) is 18.8. The first kappa shape index (κ1) is 26.5. The van der Waals surface area contributed by atoms with Crippen molar-refractivity contribution in [2.24, 2.45) is 0 Å². The summed E-state index contributed by atoms with van der Waals surface area (Å²) in [7, 11) is 0. The molecule has 206 valence electrons. The van der Waals surface area contributed by atoms with Crippen molar-refractivity contribution >= 4 is 17.9 Å². The minimum absolute atomic E-state index is 0.00144. The Balaban J connectivity index is 1.36. The van der Waals surface area contributed by atoms with Gasteiger partial charge in [-0.3, -0.25) is 0 Å². The monoisotopic (exact) mass is 544 g/mol. The van der Waals surface area contributed by atoms with Crippen LogP contribution in [-0.2, 0) is 22.3 Å². The molecule has 0 spiro atoms. The molecule has 1 amide bonds. The van der Waals surface area contributed by atoms with E-state index < -0.39 is 23.9 Å². The van der Waals surface area contributed by atoms with E-state index in [2.05, 4.69) is 15.0 Å². The number of carbonyl (C=O) groups is 1. The van der Waals surface area contributed by atoms with Gasteiger partial charge < -0.3 is 29.7 Å². The number of anilines is 2. The van der Waals surface area contributed by atoms with Gasteiger partial charge in [-0.05, 0) is 11.6 Å². The van der Waals surface area contributed by atoms with Crippen LogP contribution in [0.3, 0.4) is 0 Å². The van der Waals surface area contributed by atoms with E-state index in [1.54, 1.807) is 0 Å². The maximum absolute atomic E-state index is 13.9. The van der Waals surface area contributed by atoms with E-state index in [-0.39, 0.29) is 42.1 Å². The van der Waals surface area contributed by atoms with Gasteiger partial charge in [0, 0.05) is 43.9 Å². The molecule has 3 aromatic rings. The van der Waals surface area contributed by atoms with E-state index in [0.29, 0.717) is 39.3 Å². The Hall–Kier alpha value is -4.13. The fourth-order valence-corrected chi connectivity index (χ4v) is 4.40. The smallest absolute Gasteiger partial charge is 0.417 e. The zero-order valence-corrected chi connectivity index (χ0v) is 20.9. The SMILES string of the molecule is Nc1cc(C(F)(F)F)c(-c2cc(O[C@@H]3CCN(C(=O)OCc4ccccc4)C3)nc(N3CCOCC3)n2)cn1. The molecule has 39 heavy (non-hydrogen) atoms. The van der Waals surface area contributed by atoms with Crippen molar-refractivity contribution in [2.75, 3.05) is 50.0 Å². The molecule has 2 aliphatic rings. The van der Waals surface area contributed by atoms with Crippen LogP contribution < -0.4 is 15.4 Å². The number of alkyl halides is 3. The summed E-state index contributed by atoms with van der Waals surface area (Å²) in [5.41, 5.74) is 5.22. The van der Waals surface area contributed by atoms with Gasteiger partial charge in [0.15, 0.2) is 0 Å². The van der Waals surface area contributed by atoms with Crippen molar-refractivity contribution < 1.29 is 32.2 Å². The molecular formula is C26H27F3N6O4. The van der Waals surface area contributed by atoms with Gasteiger partial charge in [0.25, 0.3) is 0 Å². The predicted octanol–water partition coefficient (Wildman–Crippen LogP) is 3.77. The molecule has 10 nitrogen and oxygen atoms in total. The largest absolute Gasteiger partial charge is 0.472 e. The van der Waals surface area contributed by atoms with Crippen LogP contribution in [0.4, 0.5) is 29.7 Å². The number of rotatable bonds is 6. The summed E-state index contributed by atoms with van der Waals surface area (Å²) in [6.45, 7) is 2.62. The van der Waals surface area contributed by atoms with Gasteiger partial charge in [0.05, 0.1) is 31.0 Å². The zero-order valence-electron chi connectivity index (χ0n) is 20.9. The molecule has 5 rings (SSSR count). The van der Waals surface area contributed by atoms with Gasteiger partial charge in [0.1, 0.15) is 18.5 Å². The Morgan fingerprint density at radius 3 is 2.62 bits per heavy atom. The van der Waals surface area contributed by atoms with Crippen molar-refractivity contribution in [1.82, 2.24) is 19.9 Å². The number of carbonyl (C=O) groups excluding carboxylic acids is 1. The van der Waals surface area contributed by atoms with Crippen molar-refractivity contribution in [1.29, 1.82) is 0 Å². The second kappa shape index (κ2) is 11.3. The summed E-state index contributed by atoms with van der Waals surface area (Å²) in [6, 6.07) is 11.5. The Morgan fingerprint density at radius 2 is 1.87 bits per heavy atom. The molecule has 1 atom stereocenters. The minimum Gasteiger partial charge on any atom is -0.472 e. The number of benzene rings is 1. The number of pyridine rings is 1. The Kier molecular flexibility index (Phi) is 7.68. The molecule has 13 heteroatoms. The molecule has 2 fully saturated rings. The summed E-state index contributed by atoms with van der Waals surface area (Å²) in [6.07, 6.45) is -4.02. The van der Waals surface area contributed by atoms with Crippen LogP contribution in [0.1, 0.15) is 17.5 Å². The van der Waals surface area contributed by atoms with Crippen LogP contribution in [0.2, 0.25) is 0 Å². The van der Waals surface area contributed by atoms with E-state index >= 15 is 0 Å². The number of morpholine rings is 1. The second-order valence-corrected chi connectivity index (χ2v) is 9.16. The number of nitrogens with zero attached hydrogens (tertiary/aromatic N) is 5. The molecule has 0 unspecified atom stereocenters. The Bertz CT molecular complexity index is 1300. The van der Waals surface area contributed by atoms with Crippen LogP contribution >= 0.6 is 0 Å². The highest BCUT2D eigenvalue weighted by Gasteiger charge is 2.35. The topological polar surface area (TPSA) is 116 Å². The van der Waals surface area contributed by atoms with Crippen molar-refractivity contribution in [3.05, 3.63) is 59.8 Å². The molecule has 1 aromatic carbocycles. The highest BCUT2D eigenvalue weighted by atomic mass is 19.4. The summed E-state index contributed by atoms with van der Waals surface area (Å²) < 4.78 is 58.4. The molecule has 2 aliphatic heterocycles. The van der Waals surface area contributed by atoms with Gasteiger partial charge in [-0.1, -0.05) is 30.3 Å². The van der Waals surface area contributed by atoms with E-state index in [4.69, 9.17) is 19.9 Å². The van der Waals surface area contributed by atoms with Crippen LogP contribution in [-0.4, -0.2) is 71.4 Å². The lowest BCUT2D eigenvalue weighted by atomic mass is 10.1. The third-order valence-electron chi connectivity index (χ3n) is 6.39. The number of amides is 1. The average Bonchev–Trinajstić information content (AvgIpc) is 3.40. The van der Waals surface area contributed by atoms with Gasteiger partial charge in [0.2, 0.25) is 11.8 Å². The summed E-state index contributed by atoms with van der Waals surface area (Å²) >= 11 is 0. The number of hydrogen-bond donors (Lipinski definition) is 1. The lowest BCUT2D eigenvalue weighted by Gasteiger charge is -2.27. The Morgan fingerprint density at radius 1 is 1.10 bits per heavy atom. The predicted molar refractivity (Wildman–Crippen MR) is 135 cm³/mol. The maximum atomic E-state index is 13.9. The molecule has 0 bridgehead atoms. The van der Waals surface area contributed by atoms with E-state index in [0.717, 1.165) is 17.8 Å². The molecule has 2 aromatic heterocycles. The molecular weight excluding hydrogens is 517 g/mol. The van der Waals surface area contributed by atoms with Crippen LogP contribution in [0.5, 0.6) is 5.88 Å². The first-order valence-electron chi connectivity index (χ1n) is 12.4. The molecule has 2 saturated heterocycles. The maximum Gasteiger partial charge on any atom is 0.417 e. The zero-order chi connectivity index (χ0) is 27.4. The lowest BCUT2D eigenvalue weighted by Crippen LogP contribution is -2.37. The van der Waals surface area contributed by atoms with E-state index in [9.17, 15) is 18.0 Å². The number of ether oxygens (including phenoxy) is 3. The van der Waals surface area contributed by atoms with Crippen molar-refractivity contribution in [2.45, 2.75) is 25.3 Å². The fourth-order valence-electron chi connectivity index (χ4n) is 4.40. The number of nitrogen functional groups attached to an aromatic ring is 1.